The Morgan fingerprint density at radius 2 is 1.90 bits per heavy atom. The molecule has 0 bridgehead atoms. The zero-order valence-electron chi connectivity index (χ0n) is 10.5. The lowest BCUT2D eigenvalue weighted by atomic mass is 10.1. The van der Waals surface area contributed by atoms with E-state index in [1.165, 1.54) is 0 Å². The summed E-state index contributed by atoms with van der Waals surface area (Å²) in [6.45, 7) is 0. The quantitative estimate of drug-likeness (QED) is 0.303. The van der Waals surface area contributed by atoms with Gasteiger partial charge in [0.1, 0.15) is 0 Å². The molecule has 0 saturated heterocycles. The molecule has 0 aliphatic carbocycles. The van der Waals surface area contributed by atoms with Crippen LogP contribution >= 0.6 is 0 Å². The molecule has 0 spiro atoms. The van der Waals surface area contributed by atoms with Gasteiger partial charge in [-0.25, -0.2) is 4.79 Å². The zero-order chi connectivity index (χ0) is 16.2. The van der Waals surface area contributed by atoms with Gasteiger partial charge in [-0.05, 0) is 17.3 Å². The summed E-state index contributed by atoms with van der Waals surface area (Å²) in [5.74, 6) is -4.20. The molecule has 0 fully saturated rings. The molecule has 1 aromatic carbocycles. The maximum absolute atomic E-state index is 12.5. The van der Waals surface area contributed by atoms with E-state index in [1.807, 2.05) is 0 Å². The van der Waals surface area contributed by atoms with Crippen molar-refractivity contribution in [3.63, 3.8) is 0 Å². The van der Waals surface area contributed by atoms with Crippen LogP contribution in [0.15, 0.2) is 35.1 Å². The number of rotatable bonds is 4. The van der Waals surface area contributed by atoms with Crippen LogP contribution in [0.2, 0.25) is 0 Å². The highest BCUT2D eigenvalue weighted by Gasteiger charge is 2.31. The normalized spacial score (nSPS) is 12.4. The number of nitroso groups, excluding NO2 is 1. The predicted molar refractivity (Wildman–Crippen MR) is 63.8 cm³/mol. The van der Waals surface area contributed by atoms with E-state index in [0.717, 1.165) is 25.3 Å². The molecule has 0 atom stereocenters. The van der Waals surface area contributed by atoms with Crippen LogP contribution < -0.4 is 0 Å². The van der Waals surface area contributed by atoms with Crippen LogP contribution in [-0.2, 0) is 20.5 Å². The molecule has 6 nitrogen and oxygen atoms in total. The number of benzene rings is 1. The summed E-state index contributed by atoms with van der Waals surface area (Å²) in [4.78, 5) is 32.9. The van der Waals surface area contributed by atoms with Gasteiger partial charge in [-0.15, -0.1) is 4.91 Å². The van der Waals surface area contributed by atoms with Gasteiger partial charge in [0.2, 0.25) is 5.70 Å². The molecule has 0 aliphatic heterocycles. The Morgan fingerprint density at radius 1 is 1.29 bits per heavy atom. The Kier molecular flexibility index (Phi) is 4.79. The van der Waals surface area contributed by atoms with Crippen molar-refractivity contribution >= 4 is 17.5 Å². The molecule has 0 unspecified atom stereocenters. The minimum atomic E-state index is -4.68. The van der Waals surface area contributed by atoms with Gasteiger partial charge in [0.25, 0.3) is 5.78 Å². The third kappa shape index (κ3) is 3.65. The molecule has 0 saturated carbocycles. The molecular weight excluding hydrogens is 295 g/mol. The number of Topliss-reactive ketones (excluding diaryl/α,β-unsaturated/α-hetero) is 1. The van der Waals surface area contributed by atoms with Crippen LogP contribution in [0.4, 0.5) is 13.2 Å². The van der Waals surface area contributed by atoms with Gasteiger partial charge in [-0.3, -0.25) is 4.79 Å². The molecule has 9 heteroatoms. The number of halogens is 3. The third-order valence-corrected chi connectivity index (χ3v) is 2.36. The molecule has 0 radical (unpaired) electrons. The molecule has 1 rings (SSSR count). The van der Waals surface area contributed by atoms with Gasteiger partial charge in [0.15, 0.2) is 5.76 Å². The SMILES string of the molecule is COC(=O)C(=O)C(N=O)=C(O)c1cccc(C(F)(F)F)c1. The number of ether oxygens (including phenoxy) is 1. The number of carbonyl (C=O) groups excluding carboxylic acids is 2. The van der Waals surface area contributed by atoms with Crippen molar-refractivity contribution in [1.29, 1.82) is 0 Å². The first-order valence-electron chi connectivity index (χ1n) is 5.29. The lowest BCUT2D eigenvalue weighted by Gasteiger charge is -2.08. The first kappa shape index (κ1) is 16.3. The van der Waals surface area contributed by atoms with Crippen LogP contribution in [0.5, 0.6) is 0 Å². The lowest BCUT2D eigenvalue weighted by Crippen LogP contribution is -2.18. The molecule has 1 N–H and O–H groups in total. The Hall–Kier alpha value is -2.71. The molecule has 0 aromatic heterocycles. The summed E-state index contributed by atoms with van der Waals surface area (Å²) in [5.41, 5.74) is -2.83. The number of aliphatic hydroxyl groups is 1. The fraction of sp³-hybridized carbons (Fsp3) is 0.167. The number of hydrogen-bond donors (Lipinski definition) is 1. The summed E-state index contributed by atoms with van der Waals surface area (Å²) in [5, 5.41) is 11.8. The monoisotopic (exact) mass is 303 g/mol. The third-order valence-electron chi connectivity index (χ3n) is 2.36. The van der Waals surface area contributed by atoms with Gasteiger partial charge in [0.05, 0.1) is 12.7 Å². The van der Waals surface area contributed by atoms with Gasteiger partial charge >= 0.3 is 12.1 Å². The van der Waals surface area contributed by atoms with Crippen LogP contribution in [0.1, 0.15) is 11.1 Å². The number of nitrogens with zero attached hydrogens (tertiary/aromatic N) is 1. The Labute approximate surface area is 115 Å². The lowest BCUT2D eigenvalue weighted by molar-refractivity contribution is -0.149. The maximum atomic E-state index is 12.5. The van der Waals surface area contributed by atoms with E-state index in [0.29, 0.717) is 6.07 Å². The van der Waals surface area contributed by atoms with Crippen molar-refractivity contribution in [2.75, 3.05) is 7.11 Å². The topological polar surface area (TPSA) is 93.0 Å². The van der Waals surface area contributed by atoms with E-state index in [9.17, 15) is 32.8 Å². The second-order valence-corrected chi connectivity index (χ2v) is 3.69. The first-order chi connectivity index (χ1) is 9.72. The minimum absolute atomic E-state index is 0.489. The number of aliphatic hydroxyl groups excluding tert-OH is 1. The van der Waals surface area contributed by atoms with Crippen molar-refractivity contribution in [3.8, 4) is 0 Å². The van der Waals surface area contributed by atoms with E-state index >= 15 is 0 Å². The van der Waals surface area contributed by atoms with Crippen molar-refractivity contribution in [2.45, 2.75) is 6.18 Å². The fourth-order valence-corrected chi connectivity index (χ4v) is 1.36. The zero-order valence-corrected chi connectivity index (χ0v) is 10.5. The maximum Gasteiger partial charge on any atom is 0.416 e. The molecule has 1 aromatic rings. The second-order valence-electron chi connectivity index (χ2n) is 3.69. The smallest absolute Gasteiger partial charge is 0.416 e. The summed E-state index contributed by atoms with van der Waals surface area (Å²) in [7, 11) is 0.851. The minimum Gasteiger partial charge on any atom is -0.505 e. The summed E-state index contributed by atoms with van der Waals surface area (Å²) < 4.78 is 41.6. The van der Waals surface area contributed by atoms with E-state index in [4.69, 9.17) is 0 Å². The largest absolute Gasteiger partial charge is 0.505 e. The summed E-state index contributed by atoms with van der Waals surface area (Å²) >= 11 is 0. The highest BCUT2D eigenvalue weighted by Crippen LogP contribution is 2.31. The molecule has 0 amide bonds. The Bertz CT molecular complexity index is 622. The van der Waals surface area contributed by atoms with Crippen LogP contribution in [0, 0.1) is 4.91 Å². The first-order valence-corrected chi connectivity index (χ1v) is 5.29. The number of carbonyl (C=O) groups is 2. The number of alkyl halides is 3. The Balaban J connectivity index is 3.36. The number of ketones is 1. The Morgan fingerprint density at radius 3 is 2.38 bits per heavy atom. The van der Waals surface area contributed by atoms with Crippen molar-refractivity contribution < 1.29 is 32.6 Å². The number of esters is 1. The highest BCUT2D eigenvalue weighted by atomic mass is 19.4. The van der Waals surface area contributed by atoms with E-state index in [1.54, 1.807) is 0 Å². The van der Waals surface area contributed by atoms with Gasteiger partial charge < -0.3 is 9.84 Å². The molecule has 0 aliphatic rings. The molecule has 21 heavy (non-hydrogen) atoms. The van der Waals surface area contributed by atoms with Gasteiger partial charge in [-0.1, -0.05) is 12.1 Å². The molecule has 112 valence electrons. The standard InChI is InChI=1S/C12H8F3NO5/c1-21-11(19)10(18)8(16-20)9(17)6-3-2-4-7(5-6)12(13,14)15/h2-5,17H,1H3. The number of methoxy groups -OCH3 is 1. The number of hydrogen-bond acceptors (Lipinski definition) is 6. The van der Waals surface area contributed by atoms with Crippen LogP contribution in [-0.4, -0.2) is 24.0 Å². The van der Waals surface area contributed by atoms with Gasteiger partial charge in [0, 0.05) is 5.56 Å². The summed E-state index contributed by atoms with van der Waals surface area (Å²) in [6, 6.07) is 3.21. The van der Waals surface area contributed by atoms with Gasteiger partial charge in [-0.2, -0.15) is 13.2 Å². The van der Waals surface area contributed by atoms with Crippen molar-refractivity contribution in [2.24, 2.45) is 5.18 Å². The average Bonchev–Trinajstić information content (AvgIpc) is 2.46. The van der Waals surface area contributed by atoms with Crippen LogP contribution in [0.25, 0.3) is 5.76 Å². The van der Waals surface area contributed by atoms with Crippen LogP contribution in [0.3, 0.4) is 0 Å². The average molecular weight is 303 g/mol. The molecular formula is C12H8F3NO5. The molecule has 0 heterocycles. The van der Waals surface area contributed by atoms with Crippen molar-refractivity contribution in [1.82, 2.24) is 0 Å². The highest BCUT2D eigenvalue weighted by molar-refractivity contribution is 6.41. The fourth-order valence-electron chi connectivity index (χ4n) is 1.36. The summed E-state index contributed by atoms with van der Waals surface area (Å²) in [6.07, 6.45) is -4.68. The van der Waals surface area contributed by atoms with E-state index < -0.39 is 40.5 Å². The van der Waals surface area contributed by atoms with Crippen molar-refractivity contribution in [3.05, 3.63) is 46.0 Å². The van der Waals surface area contributed by atoms with E-state index in [-0.39, 0.29) is 0 Å². The van der Waals surface area contributed by atoms with E-state index in [2.05, 4.69) is 9.91 Å². The predicted octanol–water partition coefficient (Wildman–Crippen LogP) is 2.44. The second kappa shape index (κ2) is 6.16.